The van der Waals surface area contributed by atoms with E-state index in [1.54, 1.807) is 0 Å². The molecular weight excluding hydrogens is 156 g/mol. The molecule has 1 unspecified atom stereocenters. The molecular formula is C5H8O4S. The van der Waals surface area contributed by atoms with Gasteiger partial charge in [0.2, 0.25) is 0 Å². The van der Waals surface area contributed by atoms with Crippen LogP contribution in [0.2, 0.25) is 0 Å². The van der Waals surface area contributed by atoms with Gasteiger partial charge in [0.15, 0.2) is 5.12 Å². The number of carboxylic acids is 1. The van der Waals surface area contributed by atoms with E-state index in [1.165, 1.54) is 0 Å². The van der Waals surface area contributed by atoms with Crippen LogP contribution in [0, 0.1) is 5.92 Å². The molecule has 2 N–H and O–H groups in total. The summed E-state index contributed by atoms with van der Waals surface area (Å²) >= 11 is 3.39. The topological polar surface area (TPSA) is 74.6 Å². The number of carbonyl (C=O) groups excluding carboxylic acids is 1. The summed E-state index contributed by atoms with van der Waals surface area (Å²) in [4.78, 5) is 20.3. The number of thiol groups is 1. The van der Waals surface area contributed by atoms with Crippen LogP contribution in [0.3, 0.4) is 0 Å². The molecule has 0 amide bonds. The molecule has 58 valence electrons. The van der Waals surface area contributed by atoms with E-state index in [9.17, 15) is 9.59 Å². The van der Waals surface area contributed by atoms with Gasteiger partial charge in [-0.2, -0.15) is 0 Å². The zero-order valence-corrected chi connectivity index (χ0v) is 6.04. The molecule has 4 nitrogen and oxygen atoms in total. The molecule has 0 aromatic heterocycles. The van der Waals surface area contributed by atoms with Crippen LogP contribution in [-0.4, -0.2) is 27.9 Å². The third-order valence-corrected chi connectivity index (χ3v) is 1.36. The van der Waals surface area contributed by atoms with Crippen molar-refractivity contribution in [2.75, 3.05) is 6.61 Å². The van der Waals surface area contributed by atoms with Crippen LogP contribution in [0.15, 0.2) is 0 Å². The lowest BCUT2D eigenvalue weighted by atomic mass is 10.1. The molecule has 10 heavy (non-hydrogen) atoms. The van der Waals surface area contributed by atoms with Crippen molar-refractivity contribution in [3.63, 3.8) is 0 Å². The van der Waals surface area contributed by atoms with Crippen molar-refractivity contribution < 1.29 is 19.8 Å². The number of carbonyl (C=O) groups is 2. The van der Waals surface area contributed by atoms with Crippen molar-refractivity contribution in [3.05, 3.63) is 0 Å². The molecule has 0 bridgehead atoms. The summed E-state index contributed by atoms with van der Waals surface area (Å²) in [5.74, 6) is -1.98. The van der Waals surface area contributed by atoms with Gasteiger partial charge in [-0.15, -0.1) is 12.6 Å². The van der Waals surface area contributed by atoms with Gasteiger partial charge in [0.1, 0.15) is 0 Å². The molecule has 1 atom stereocenters. The van der Waals surface area contributed by atoms with Crippen LogP contribution in [0.4, 0.5) is 0 Å². The molecule has 0 heterocycles. The first-order valence-corrected chi connectivity index (χ1v) is 3.08. The van der Waals surface area contributed by atoms with Crippen molar-refractivity contribution in [2.45, 2.75) is 6.42 Å². The Kier molecular flexibility index (Phi) is 4.06. The van der Waals surface area contributed by atoms with E-state index in [0.717, 1.165) is 0 Å². The number of rotatable bonds is 4. The standard InChI is InChI=1S/C5H8O4S/c6-2-3(5(9)10)1-4(7)8/h3,6H,1-2H2,(H,7,8)(H,9,10). The van der Waals surface area contributed by atoms with Crippen LogP contribution in [0.1, 0.15) is 6.42 Å². The molecule has 0 spiro atoms. The van der Waals surface area contributed by atoms with Gasteiger partial charge in [0.05, 0.1) is 18.9 Å². The normalized spacial score (nSPS) is 12.6. The van der Waals surface area contributed by atoms with Crippen molar-refractivity contribution in [1.29, 1.82) is 0 Å². The number of carboxylic acid groups (broad SMARTS) is 1. The zero-order chi connectivity index (χ0) is 8.15. The first-order chi connectivity index (χ1) is 4.57. The maximum Gasteiger partial charge on any atom is 0.304 e. The Balaban J connectivity index is 3.83. The lowest BCUT2D eigenvalue weighted by molar-refractivity contribution is -0.140. The molecule has 0 aliphatic carbocycles. The fraction of sp³-hybridized carbons (Fsp3) is 0.600. The highest BCUT2D eigenvalue weighted by atomic mass is 32.1. The minimum Gasteiger partial charge on any atom is -0.481 e. The van der Waals surface area contributed by atoms with Gasteiger partial charge in [-0.3, -0.25) is 9.59 Å². The van der Waals surface area contributed by atoms with Gasteiger partial charge >= 0.3 is 5.97 Å². The summed E-state index contributed by atoms with van der Waals surface area (Å²) in [7, 11) is 0. The molecule has 0 saturated heterocycles. The minimum atomic E-state index is -1.11. The molecule has 0 rings (SSSR count). The van der Waals surface area contributed by atoms with Crippen LogP contribution >= 0.6 is 12.6 Å². The molecule has 0 fully saturated rings. The highest BCUT2D eigenvalue weighted by molar-refractivity contribution is 7.96. The summed E-state index contributed by atoms with van der Waals surface area (Å²) in [6.45, 7) is -0.464. The second-order valence-corrected chi connectivity index (χ2v) is 2.26. The van der Waals surface area contributed by atoms with Crippen LogP contribution < -0.4 is 0 Å². The second kappa shape index (κ2) is 4.29. The zero-order valence-electron chi connectivity index (χ0n) is 5.15. The largest absolute Gasteiger partial charge is 0.481 e. The fourth-order valence-corrected chi connectivity index (χ4v) is 0.614. The van der Waals surface area contributed by atoms with E-state index in [-0.39, 0.29) is 6.42 Å². The summed E-state index contributed by atoms with van der Waals surface area (Å²) in [6.07, 6.45) is -0.362. The molecule has 0 aliphatic rings. The Morgan fingerprint density at radius 3 is 2.10 bits per heavy atom. The average Bonchev–Trinajstić information content (AvgIpc) is 1.81. The van der Waals surface area contributed by atoms with E-state index >= 15 is 0 Å². The molecule has 0 radical (unpaired) electrons. The third kappa shape index (κ3) is 3.47. The number of hydrogen-bond acceptors (Lipinski definition) is 3. The predicted molar refractivity (Wildman–Crippen MR) is 36.8 cm³/mol. The number of aliphatic carboxylic acids is 1. The number of aliphatic hydroxyl groups is 1. The van der Waals surface area contributed by atoms with Crippen LogP contribution in [0.25, 0.3) is 0 Å². The Morgan fingerprint density at radius 2 is 2.00 bits per heavy atom. The smallest absolute Gasteiger partial charge is 0.304 e. The Bertz CT molecular complexity index is 145. The molecule has 0 saturated carbocycles. The van der Waals surface area contributed by atoms with Gasteiger partial charge in [-0.05, 0) is 0 Å². The van der Waals surface area contributed by atoms with E-state index < -0.39 is 23.6 Å². The number of aliphatic hydroxyl groups excluding tert-OH is 1. The van der Waals surface area contributed by atoms with Crippen LogP contribution in [0.5, 0.6) is 0 Å². The van der Waals surface area contributed by atoms with Gasteiger partial charge in [0.25, 0.3) is 0 Å². The highest BCUT2D eigenvalue weighted by Crippen LogP contribution is 2.05. The van der Waals surface area contributed by atoms with Gasteiger partial charge < -0.3 is 10.2 Å². The Morgan fingerprint density at radius 1 is 1.50 bits per heavy atom. The second-order valence-electron chi connectivity index (χ2n) is 1.82. The average molecular weight is 164 g/mol. The number of hydrogen-bond donors (Lipinski definition) is 3. The summed E-state index contributed by atoms with van der Waals surface area (Å²) in [6, 6.07) is 0. The SMILES string of the molecule is O=C(O)CC(CO)C(=O)S. The third-order valence-electron chi connectivity index (χ3n) is 0.991. The van der Waals surface area contributed by atoms with E-state index in [0.29, 0.717) is 0 Å². The minimum absolute atomic E-state index is 0.362. The van der Waals surface area contributed by atoms with Crippen molar-refractivity contribution in [3.8, 4) is 0 Å². The van der Waals surface area contributed by atoms with E-state index in [1.807, 2.05) is 0 Å². The highest BCUT2D eigenvalue weighted by Gasteiger charge is 2.16. The van der Waals surface area contributed by atoms with Crippen LogP contribution in [-0.2, 0) is 9.59 Å². The van der Waals surface area contributed by atoms with Gasteiger partial charge in [0, 0.05) is 0 Å². The van der Waals surface area contributed by atoms with Gasteiger partial charge in [-0.25, -0.2) is 0 Å². The van der Waals surface area contributed by atoms with Crippen molar-refractivity contribution in [2.24, 2.45) is 5.92 Å². The first-order valence-electron chi connectivity index (χ1n) is 2.63. The van der Waals surface area contributed by atoms with E-state index in [2.05, 4.69) is 12.6 Å². The lowest BCUT2D eigenvalue weighted by Gasteiger charge is -2.04. The molecule has 0 aromatic rings. The maximum atomic E-state index is 10.4. The molecule has 0 aliphatic heterocycles. The summed E-state index contributed by atoms with van der Waals surface area (Å²) in [5.41, 5.74) is 0. The first kappa shape index (κ1) is 9.45. The van der Waals surface area contributed by atoms with E-state index in [4.69, 9.17) is 10.2 Å². The summed E-state index contributed by atoms with van der Waals surface area (Å²) in [5, 5.41) is 16.0. The Hall–Kier alpha value is -0.550. The maximum absolute atomic E-state index is 10.4. The fourth-order valence-electron chi connectivity index (χ4n) is 0.441. The molecule has 5 heteroatoms. The quantitative estimate of drug-likeness (QED) is 0.491. The van der Waals surface area contributed by atoms with Gasteiger partial charge in [-0.1, -0.05) is 0 Å². The molecule has 0 aromatic carbocycles. The predicted octanol–water partition coefficient (Wildman–Crippen LogP) is -0.474. The summed E-state index contributed by atoms with van der Waals surface area (Å²) < 4.78 is 0. The lowest BCUT2D eigenvalue weighted by Crippen LogP contribution is -2.17. The van der Waals surface area contributed by atoms with Crippen molar-refractivity contribution in [1.82, 2.24) is 0 Å². The van der Waals surface area contributed by atoms with Crippen molar-refractivity contribution >= 4 is 23.7 Å². The Labute approximate surface area is 63.3 Å². The monoisotopic (exact) mass is 164 g/mol.